The van der Waals surface area contributed by atoms with Crippen molar-refractivity contribution in [3.05, 3.63) is 34.6 Å². The fourth-order valence-electron chi connectivity index (χ4n) is 2.55. The number of benzene rings is 1. The van der Waals surface area contributed by atoms with E-state index < -0.39 is 0 Å². The standard InChI is InChI=1S/C14H20ClFN2S/c15-13-2-1-11(9-14(13)16)8-12(18-17)7-10-3-5-19-6-4-10/h1-2,9-10,12,18H,3-8,17H2. The van der Waals surface area contributed by atoms with Gasteiger partial charge in [0.1, 0.15) is 5.82 Å². The van der Waals surface area contributed by atoms with Gasteiger partial charge in [0.25, 0.3) is 0 Å². The molecule has 1 aromatic rings. The molecule has 0 amide bonds. The number of hydrogen-bond acceptors (Lipinski definition) is 3. The second-order valence-corrected chi connectivity index (χ2v) is 6.74. The molecule has 1 aliphatic heterocycles. The monoisotopic (exact) mass is 302 g/mol. The van der Waals surface area contributed by atoms with E-state index in [1.165, 1.54) is 30.4 Å². The molecule has 5 heteroatoms. The lowest BCUT2D eigenvalue weighted by Crippen LogP contribution is -2.38. The predicted octanol–water partition coefficient (Wildman–Crippen LogP) is 3.39. The summed E-state index contributed by atoms with van der Waals surface area (Å²) in [5.41, 5.74) is 3.81. The zero-order chi connectivity index (χ0) is 13.7. The maximum atomic E-state index is 13.4. The first-order valence-electron chi connectivity index (χ1n) is 6.67. The van der Waals surface area contributed by atoms with Crippen LogP contribution in [0.15, 0.2) is 18.2 Å². The van der Waals surface area contributed by atoms with Crippen molar-refractivity contribution < 1.29 is 4.39 Å². The van der Waals surface area contributed by atoms with Gasteiger partial charge in [0.05, 0.1) is 5.02 Å². The Kier molecular flexibility index (Phi) is 5.95. The highest BCUT2D eigenvalue weighted by atomic mass is 35.5. The first-order valence-corrected chi connectivity index (χ1v) is 8.20. The van der Waals surface area contributed by atoms with Crippen molar-refractivity contribution in [2.45, 2.75) is 31.7 Å². The number of hydrazine groups is 1. The molecular formula is C14H20ClFN2S. The summed E-state index contributed by atoms with van der Waals surface area (Å²) in [7, 11) is 0. The molecule has 3 N–H and O–H groups in total. The molecule has 1 saturated heterocycles. The largest absolute Gasteiger partial charge is 0.271 e. The fraction of sp³-hybridized carbons (Fsp3) is 0.571. The van der Waals surface area contributed by atoms with Crippen LogP contribution in [-0.4, -0.2) is 17.5 Å². The van der Waals surface area contributed by atoms with Crippen LogP contribution in [-0.2, 0) is 6.42 Å². The smallest absolute Gasteiger partial charge is 0.142 e. The van der Waals surface area contributed by atoms with Crippen LogP contribution in [0.2, 0.25) is 5.02 Å². The van der Waals surface area contributed by atoms with Crippen molar-refractivity contribution in [2.24, 2.45) is 11.8 Å². The van der Waals surface area contributed by atoms with Gasteiger partial charge in [0.15, 0.2) is 0 Å². The molecule has 0 aliphatic carbocycles. The molecule has 0 spiro atoms. The van der Waals surface area contributed by atoms with E-state index in [1.54, 1.807) is 6.07 Å². The Morgan fingerprint density at radius 3 is 2.79 bits per heavy atom. The van der Waals surface area contributed by atoms with Gasteiger partial charge in [-0.25, -0.2) is 4.39 Å². The van der Waals surface area contributed by atoms with Crippen LogP contribution in [0.25, 0.3) is 0 Å². The highest BCUT2D eigenvalue weighted by Crippen LogP contribution is 2.27. The van der Waals surface area contributed by atoms with Crippen LogP contribution < -0.4 is 11.3 Å². The van der Waals surface area contributed by atoms with Crippen molar-refractivity contribution >= 4 is 23.4 Å². The first-order chi connectivity index (χ1) is 9.19. The van der Waals surface area contributed by atoms with E-state index >= 15 is 0 Å². The maximum Gasteiger partial charge on any atom is 0.142 e. The van der Waals surface area contributed by atoms with Crippen LogP contribution in [0.5, 0.6) is 0 Å². The molecule has 0 saturated carbocycles. The van der Waals surface area contributed by atoms with Gasteiger partial charge in [-0.05, 0) is 60.8 Å². The normalized spacial score (nSPS) is 18.5. The van der Waals surface area contributed by atoms with Crippen LogP contribution in [0.4, 0.5) is 4.39 Å². The van der Waals surface area contributed by atoms with Crippen molar-refractivity contribution in [3.8, 4) is 0 Å². The van der Waals surface area contributed by atoms with Crippen molar-refractivity contribution in [2.75, 3.05) is 11.5 Å². The zero-order valence-corrected chi connectivity index (χ0v) is 12.4. The molecule has 1 atom stereocenters. The molecule has 2 nitrogen and oxygen atoms in total. The minimum absolute atomic E-state index is 0.172. The lowest BCUT2D eigenvalue weighted by molar-refractivity contribution is 0.365. The second kappa shape index (κ2) is 7.48. The molecule has 1 aliphatic rings. The SMILES string of the molecule is NNC(Cc1ccc(Cl)c(F)c1)CC1CCSCC1. The number of nitrogens with one attached hydrogen (secondary N) is 1. The minimum Gasteiger partial charge on any atom is -0.271 e. The van der Waals surface area contributed by atoms with Crippen molar-refractivity contribution in [1.29, 1.82) is 0 Å². The Balaban J connectivity index is 1.92. The Labute approximate surface area is 123 Å². The topological polar surface area (TPSA) is 38.0 Å². The average molecular weight is 303 g/mol. The summed E-state index contributed by atoms with van der Waals surface area (Å²) in [4.78, 5) is 0. The van der Waals surface area contributed by atoms with Crippen LogP contribution in [0.1, 0.15) is 24.8 Å². The van der Waals surface area contributed by atoms with Gasteiger partial charge in [-0.2, -0.15) is 11.8 Å². The average Bonchev–Trinajstić information content (AvgIpc) is 2.43. The molecule has 19 heavy (non-hydrogen) atoms. The predicted molar refractivity (Wildman–Crippen MR) is 80.9 cm³/mol. The van der Waals surface area contributed by atoms with Crippen molar-refractivity contribution in [3.63, 3.8) is 0 Å². The molecule has 1 unspecified atom stereocenters. The van der Waals surface area contributed by atoms with E-state index in [1.807, 2.05) is 17.8 Å². The fourth-order valence-corrected chi connectivity index (χ4v) is 3.87. The van der Waals surface area contributed by atoms with E-state index in [0.717, 1.165) is 24.3 Å². The molecular weight excluding hydrogens is 283 g/mol. The summed E-state index contributed by atoms with van der Waals surface area (Å²) >= 11 is 7.71. The lowest BCUT2D eigenvalue weighted by atomic mass is 9.91. The molecule has 1 fully saturated rings. The molecule has 0 aromatic heterocycles. The summed E-state index contributed by atoms with van der Waals surface area (Å²) in [5, 5.41) is 0.172. The maximum absolute atomic E-state index is 13.4. The summed E-state index contributed by atoms with van der Waals surface area (Å²) < 4.78 is 13.4. The van der Waals surface area contributed by atoms with Gasteiger partial charge < -0.3 is 0 Å². The van der Waals surface area contributed by atoms with E-state index in [2.05, 4.69) is 5.43 Å². The molecule has 0 radical (unpaired) electrons. The second-order valence-electron chi connectivity index (χ2n) is 5.11. The van der Waals surface area contributed by atoms with Crippen LogP contribution in [0, 0.1) is 11.7 Å². The Hall–Kier alpha value is -0.290. The van der Waals surface area contributed by atoms with E-state index in [9.17, 15) is 4.39 Å². The van der Waals surface area contributed by atoms with Gasteiger partial charge >= 0.3 is 0 Å². The summed E-state index contributed by atoms with van der Waals surface area (Å²) in [5.74, 6) is 8.50. The molecule has 106 valence electrons. The number of thioether (sulfide) groups is 1. The van der Waals surface area contributed by atoms with Gasteiger partial charge in [-0.3, -0.25) is 11.3 Å². The van der Waals surface area contributed by atoms with Gasteiger partial charge in [0.2, 0.25) is 0 Å². The van der Waals surface area contributed by atoms with Crippen LogP contribution in [0.3, 0.4) is 0 Å². The molecule has 0 bridgehead atoms. The van der Waals surface area contributed by atoms with E-state index in [4.69, 9.17) is 17.4 Å². The third kappa shape index (κ3) is 4.63. The number of halogens is 2. The van der Waals surface area contributed by atoms with Gasteiger partial charge in [-0.1, -0.05) is 17.7 Å². The van der Waals surface area contributed by atoms with Gasteiger partial charge in [-0.15, -0.1) is 0 Å². The summed E-state index contributed by atoms with van der Waals surface area (Å²) in [6.45, 7) is 0. The highest BCUT2D eigenvalue weighted by Gasteiger charge is 2.19. The van der Waals surface area contributed by atoms with E-state index in [-0.39, 0.29) is 16.9 Å². The molecule has 1 aromatic carbocycles. The number of nitrogens with two attached hydrogens (primary N) is 1. The van der Waals surface area contributed by atoms with Crippen molar-refractivity contribution in [1.82, 2.24) is 5.43 Å². The third-order valence-corrected chi connectivity index (χ3v) is 5.02. The zero-order valence-electron chi connectivity index (χ0n) is 10.9. The third-order valence-electron chi connectivity index (χ3n) is 3.66. The highest BCUT2D eigenvalue weighted by molar-refractivity contribution is 7.99. The quantitative estimate of drug-likeness (QED) is 0.647. The molecule has 2 rings (SSSR count). The molecule has 1 heterocycles. The Morgan fingerprint density at radius 2 is 2.16 bits per heavy atom. The first kappa shape index (κ1) is 15.1. The van der Waals surface area contributed by atoms with Gasteiger partial charge in [0, 0.05) is 6.04 Å². The Morgan fingerprint density at radius 1 is 1.42 bits per heavy atom. The lowest BCUT2D eigenvalue weighted by Gasteiger charge is -2.26. The Bertz CT molecular complexity index is 410. The minimum atomic E-state index is -0.357. The van der Waals surface area contributed by atoms with Crippen LogP contribution >= 0.6 is 23.4 Å². The summed E-state index contributed by atoms with van der Waals surface area (Å²) in [6, 6.07) is 5.18. The number of rotatable bonds is 5. The van der Waals surface area contributed by atoms with E-state index in [0.29, 0.717) is 0 Å². The number of hydrogen-bond donors (Lipinski definition) is 2. The summed E-state index contributed by atoms with van der Waals surface area (Å²) in [6.07, 6.45) is 4.32.